The zero-order valence-electron chi connectivity index (χ0n) is 12.9. The summed E-state index contributed by atoms with van der Waals surface area (Å²) >= 11 is 0. The van der Waals surface area contributed by atoms with E-state index < -0.39 is 11.9 Å². The molecule has 0 radical (unpaired) electrons. The number of urea groups is 1. The lowest BCUT2D eigenvalue weighted by molar-refractivity contribution is -0.141. The van der Waals surface area contributed by atoms with E-state index in [9.17, 15) is 9.59 Å². The number of carbonyl (C=O) groups excluding carboxylic acids is 1. The molecule has 0 fully saturated rings. The number of nitrogens with one attached hydrogen (secondary N) is 2. The minimum atomic E-state index is -0.873. The van der Waals surface area contributed by atoms with Crippen LogP contribution < -0.4 is 10.6 Å². The molecule has 1 aromatic carbocycles. The summed E-state index contributed by atoms with van der Waals surface area (Å²) in [5.41, 5.74) is 2.86. The average Bonchev–Trinajstić information content (AvgIpc) is 2.45. The van der Waals surface area contributed by atoms with E-state index in [1.807, 2.05) is 39.0 Å². The second-order valence-electron chi connectivity index (χ2n) is 5.12. The van der Waals surface area contributed by atoms with Crippen LogP contribution in [0.4, 0.5) is 10.5 Å². The van der Waals surface area contributed by atoms with Crippen LogP contribution in [0.15, 0.2) is 18.2 Å². The van der Waals surface area contributed by atoms with Crippen molar-refractivity contribution in [3.8, 4) is 0 Å². The van der Waals surface area contributed by atoms with Gasteiger partial charge >= 0.3 is 12.0 Å². The fourth-order valence-electron chi connectivity index (χ4n) is 2.24. The van der Waals surface area contributed by atoms with E-state index in [4.69, 9.17) is 5.11 Å². The summed E-state index contributed by atoms with van der Waals surface area (Å²) in [6.45, 7) is 6.03. The molecule has 0 heterocycles. The molecule has 0 aliphatic rings. The minimum absolute atomic E-state index is 0.141. The lowest BCUT2D eigenvalue weighted by atomic mass is 10.0. The van der Waals surface area contributed by atoms with E-state index >= 15 is 0 Å². The Labute approximate surface area is 125 Å². The Morgan fingerprint density at radius 3 is 2.57 bits per heavy atom. The number of para-hydroxylation sites is 1. The molecule has 0 aromatic heterocycles. The highest BCUT2D eigenvalue weighted by Gasteiger charge is 2.17. The van der Waals surface area contributed by atoms with Gasteiger partial charge in [-0.05, 0) is 30.9 Å². The molecule has 1 rings (SSSR count). The van der Waals surface area contributed by atoms with Crippen LogP contribution in [0.1, 0.15) is 37.8 Å². The highest BCUT2D eigenvalue weighted by atomic mass is 16.4. The molecule has 116 valence electrons. The van der Waals surface area contributed by atoms with Gasteiger partial charge in [0.25, 0.3) is 0 Å². The first-order valence-corrected chi connectivity index (χ1v) is 7.35. The number of anilines is 1. The van der Waals surface area contributed by atoms with Crippen molar-refractivity contribution in [2.24, 2.45) is 5.92 Å². The molecule has 1 unspecified atom stereocenters. The van der Waals surface area contributed by atoms with Gasteiger partial charge in [-0.15, -0.1) is 0 Å². The molecule has 1 aromatic rings. The third-order valence-electron chi connectivity index (χ3n) is 3.47. The zero-order valence-corrected chi connectivity index (χ0v) is 12.9. The van der Waals surface area contributed by atoms with Gasteiger partial charge in [0.15, 0.2) is 0 Å². The summed E-state index contributed by atoms with van der Waals surface area (Å²) in [5, 5.41) is 14.5. The van der Waals surface area contributed by atoms with Crippen LogP contribution in [0.25, 0.3) is 0 Å². The fraction of sp³-hybridized carbons (Fsp3) is 0.500. The topological polar surface area (TPSA) is 78.4 Å². The molecule has 5 heteroatoms. The summed E-state index contributed by atoms with van der Waals surface area (Å²) in [6, 6.07) is 5.51. The smallest absolute Gasteiger partial charge is 0.319 e. The first-order chi connectivity index (χ1) is 9.99. The summed E-state index contributed by atoms with van der Waals surface area (Å²) in [7, 11) is 0. The van der Waals surface area contributed by atoms with Gasteiger partial charge in [-0.2, -0.15) is 0 Å². The van der Waals surface area contributed by atoms with Crippen LogP contribution in [0.5, 0.6) is 0 Å². The van der Waals surface area contributed by atoms with Crippen molar-refractivity contribution in [1.82, 2.24) is 5.32 Å². The van der Waals surface area contributed by atoms with Crippen molar-refractivity contribution >= 4 is 17.7 Å². The number of aliphatic carboxylic acids is 1. The highest BCUT2D eigenvalue weighted by Crippen LogP contribution is 2.20. The normalized spacial score (nSPS) is 11.8. The van der Waals surface area contributed by atoms with E-state index in [2.05, 4.69) is 10.6 Å². The van der Waals surface area contributed by atoms with Crippen molar-refractivity contribution in [2.45, 2.75) is 40.0 Å². The Morgan fingerprint density at radius 1 is 1.29 bits per heavy atom. The van der Waals surface area contributed by atoms with Crippen LogP contribution in [0, 0.1) is 12.8 Å². The molecule has 2 amide bonds. The van der Waals surface area contributed by atoms with Crippen molar-refractivity contribution < 1.29 is 14.7 Å². The second-order valence-corrected chi connectivity index (χ2v) is 5.12. The first-order valence-electron chi connectivity index (χ1n) is 7.35. The Balaban J connectivity index is 2.64. The summed E-state index contributed by atoms with van der Waals surface area (Å²) < 4.78 is 0. The van der Waals surface area contributed by atoms with Gasteiger partial charge in [-0.25, -0.2) is 4.79 Å². The summed E-state index contributed by atoms with van der Waals surface area (Å²) in [6.07, 6.45) is 2.16. The lowest BCUT2D eigenvalue weighted by Crippen LogP contribution is -2.36. The molecule has 0 aliphatic carbocycles. The Hall–Kier alpha value is -2.04. The number of aryl methyl sites for hydroxylation is 2. The number of amides is 2. The Kier molecular flexibility index (Phi) is 6.72. The minimum Gasteiger partial charge on any atom is -0.481 e. The van der Waals surface area contributed by atoms with E-state index in [0.717, 1.165) is 29.7 Å². The third kappa shape index (κ3) is 5.10. The number of hydrogen-bond acceptors (Lipinski definition) is 2. The average molecular weight is 292 g/mol. The highest BCUT2D eigenvalue weighted by molar-refractivity contribution is 5.91. The molecule has 3 N–H and O–H groups in total. The standard InChI is InChI=1S/C16H24N2O3/c1-4-7-13(15(19)20)10-17-16(21)18-14-11(3)8-6-9-12(14)5-2/h6,8-9,13H,4-5,7,10H2,1-3H3,(H,19,20)(H2,17,18,21). The predicted octanol–water partition coefficient (Wildman–Crippen LogP) is 3.18. The number of hydrogen-bond donors (Lipinski definition) is 3. The van der Waals surface area contributed by atoms with Crippen LogP contribution in [-0.2, 0) is 11.2 Å². The number of carbonyl (C=O) groups is 2. The Bertz CT molecular complexity index is 500. The molecule has 21 heavy (non-hydrogen) atoms. The molecule has 5 nitrogen and oxygen atoms in total. The van der Waals surface area contributed by atoms with E-state index in [1.54, 1.807) is 0 Å². The molecule has 1 atom stereocenters. The number of carboxylic acids is 1. The number of rotatable bonds is 7. The van der Waals surface area contributed by atoms with E-state index in [-0.39, 0.29) is 12.6 Å². The summed E-state index contributed by atoms with van der Waals surface area (Å²) in [4.78, 5) is 23.0. The zero-order chi connectivity index (χ0) is 15.8. The van der Waals surface area contributed by atoms with Crippen molar-refractivity contribution in [2.75, 3.05) is 11.9 Å². The maximum atomic E-state index is 11.9. The van der Waals surface area contributed by atoms with Gasteiger partial charge in [-0.1, -0.05) is 38.5 Å². The largest absolute Gasteiger partial charge is 0.481 e. The Morgan fingerprint density at radius 2 is 2.00 bits per heavy atom. The SMILES string of the molecule is CCCC(CNC(=O)Nc1c(C)cccc1CC)C(=O)O. The van der Waals surface area contributed by atoms with Gasteiger partial charge in [-0.3, -0.25) is 4.79 Å². The van der Waals surface area contributed by atoms with Crippen molar-refractivity contribution in [1.29, 1.82) is 0 Å². The van der Waals surface area contributed by atoms with Crippen molar-refractivity contribution in [3.05, 3.63) is 29.3 Å². The van der Waals surface area contributed by atoms with E-state index in [0.29, 0.717) is 6.42 Å². The first kappa shape index (κ1) is 17.0. The number of carboxylic acid groups (broad SMARTS) is 1. The molecule has 0 aliphatic heterocycles. The molecule has 0 bridgehead atoms. The van der Waals surface area contributed by atoms with Crippen LogP contribution in [0.3, 0.4) is 0 Å². The van der Waals surface area contributed by atoms with Gasteiger partial charge in [0, 0.05) is 12.2 Å². The van der Waals surface area contributed by atoms with Gasteiger partial charge < -0.3 is 15.7 Å². The monoisotopic (exact) mass is 292 g/mol. The third-order valence-corrected chi connectivity index (χ3v) is 3.47. The van der Waals surface area contributed by atoms with Gasteiger partial charge in [0.2, 0.25) is 0 Å². The number of benzene rings is 1. The summed E-state index contributed by atoms with van der Waals surface area (Å²) in [5.74, 6) is -1.41. The predicted molar refractivity (Wildman–Crippen MR) is 83.6 cm³/mol. The maximum Gasteiger partial charge on any atom is 0.319 e. The van der Waals surface area contributed by atoms with Crippen LogP contribution >= 0.6 is 0 Å². The molecule has 0 saturated heterocycles. The maximum absolute atomic E-state index is 11.9. The quantitative estimate of drug-likeness (QED) is 0.722. The van der Waals surface area contributed by atoms with Gasteiger partial charge in [0.05, 0.1) is 5.92 Å². The fourth-order valence-corrected chi connectivity index (χ4v) is 2.24. The molecule has 0 spiro atoms. The molecular weight excluding hydrogens is 268 g/mol. The molecular formula is C16H24N2O3. The van der Waals surface area contributed by atoms with Crippen LogP contribution in [0.2, 0.25) is 0 Å². The molecule has 0 saturated carbocycles. The second kappa shape index (κ2) is 8.29. The lowest BCUT2D eigenvalue weighted by Gasteiger charge is -2.16. The van der Waals surface area contributed by atoms with Crippen molar-refractivity contribution in [3.63, 3.8) is 0 Å². The van der Waals surface area contributed by atoms with Crippen LogP contribution in [-0.4, -0.2) is 23.7 Å². The van der Waals surface area contributed by atoms with Gasteiger partial charge in [0.1, 0.15) is 0 Å². The van der Waals surface area contributed by atoms with E-state index in [1.165, 1.54) is 0 Å².